The minimum Gasteiger partial charge on any atom is -0.366 e. The van der Waals surface area contributed by atoms with E-state index in [9.17, 15) is 14.0 Å². The second kappa shape index (κ2) is 6.57. The van der Waals surface area contributed by atoms with E-state index in [1.54, 1.807) is 16.6 Å². The van der Waals surface area contributed by atoms with Crippen LogP contribution in [0, 0.1) is 11.2 Å². The van der Waals surface area contributed by atoms with E-state index < -0.39 is 17.1 Å². The average molecular weight is 368 g/mol. The van der Waals surface area contributed by atoms with Crippen molar-refractivity contribution in [1.29, 1.82) is 0 Å². The summed E-state index contributed by atoms with van der Waals surface area (Å²) in [6, 6.07) is 7.35. The van der Waals surface area contributed by atoms with Crippen molar-refractivity contribution in [2.45, 2.75) is 34.1 Å². The van der Waals surface area contributed by atoms with E-state index in [0.29, 0.717) is 23.5 Å². The first-order valence-corrected chi connectivity index (χ1v) is 8.66. The van der Waals surface area contributed by atoms with E-state index in [1.807, 2.05) is 27.7 Å². The molecule has 0 fully saturated rings. The summed E-state index contributed by atoms with van der Waals surface area (Å²) in [5.41, 5.74) is 6.94. The number of nitrogens with zero attached hydrogens (tertiary/aromatic N) is 3. The van der Waals surface area contributed by atoms with Crippen LogP contribution >= 0.6 is 0 Å². The Morgan fingerprint density at radius 1 is 1.19 bits per heavy atom. The molecule has 27 heavy (non-hydrogen) atoms. The Labute approximate surface area is 156 Å². The van der Waals surface area contributed by atoms with E-state index in [2.05, 4.69) is 10.1 Å². The van der Waals surface area contributed by atoms with Crippen LogP contribution in [0.15, 0.2) is 30.3 Å². The lowest BCUT2D eigenvalue weighted by molar-refractivity contribution is 0.0852. The largest absolute Gasteiger partial charge is 0.366 e. The first-order valence-electron chi connectivity index (χ1n) is 8.66. The zero-order valence-electron chi connectivity index (χ0n) is 15.7. The van der Waals surface area contributed by atoms with Crippen molar-refractivity contribution in [3.63, 3.8) is 0 Å². The summed E-state index contributed by atoms with van der Waals surface area (Å²) in [7, 11) is 0. The van der Waals surface area contributed by atoms with Gasteiger partial charge in [0.15, 0.2) is 11.4 Å². The predicted octanol–water partition coefficient (Wildman–Crippen LogP) is 3.43. The maximum Gasteiger partial charge on any atom is 0.248 e. The van der Waals surface area contributed by atoms with Gasteiger partial charge in [-0.1, -0.05) is 27.7 Å². The number of rotatable bonds is 4. The molecule has 6 nitrogen and oxygen atoms in total. The fraction of sp³-hybridized carbons (Fsp3) is 0.300. The number of benzene rings is 1. The quantitative estimate of drug-likeness (QED) is 0.715. The smallest absolute Gasteiger partial charge is 0.248 e. The average Bonchev–Trinajstić information content (AvgIpc) is 3.02. The second-order valence-corrected chi connectivity index (χ2v) is 7.42. The Morgan fingerprint density at radius 2 is 1.89 bits per heavy atom. The van der Waals surface area contributed by atoms with Crippen molar-refractivity contribution in [2.24, 2.45) is 11.1 Å². The third-order valence-corrected chi connectivity index (χ3v) is 4.31. The second-order valence-electron chi connectivity index (χ2n) is 7.42. The highest BCUT2D eigenvalue weighted by Gasteiger charge is 2.25. The van der Waals surface area contributed by atoms with Crippen LogP contribution in [0.25, 0.3) is 16.9 Å². The number of carbonyl (C=O) groups excluding carboxylic acids is 2. The topological polar surface area (TPSA) is 90.4 Å². The number of aromatic nitrogens is 3. The lowest BCUT2D eigenvalue weighted by Gasteiger charge is -2.16. The minimum atomic E-state index is -0.698. The lowest BCUT2D eigenvalue weighted by Crippen LogP contribution is -2.22. The summed E-state index contributed by atoms with van der Waals surface area (Å²) < 4.78 is 16.0. The van der Waals surface area contributed by atoms with Crippen LogP contribution in [0.4, 0.5) is 4.39 Å². The number of nitrogens with two attached hydrogens (primary N) is 1. The minimum absolute atomic E-state index is 0.0700. The number of amides is 1. The van der Waals surface area contributed by atoms with Gasteiger partial charge in [-0.3, -0.25) is 9.59 Å². The Morgan fingerprint density at radius 3 is 2.44 bits per heavy atom. The van der Waals surface area contributed by atoms with E-state index in [1.165, 1.54) is 12.1 Å². The highest BCUT2D eigenvalue weighted by molar-refractivity contribution is 5.98. The van der Waals surface area contributed by atoms with Crippen LogP contribution in [-0.4, -0.2) is 26.3 Å². The van der Waals surface area contributed by atoms with Gasteiger partial charge < -0.3 is 5.73 Å². The van der Waals surface area contributed by atoms with E-state index >= 15 is 0 Å². The summed E-state index contributed by atoms with van der Waals surface area (Å²) in [5, 5.41) is 4.44. The Bertz CT molecular complexity index is 1060. The van der Waals surface area contributed by atoms with Crippen LogP contribution in [0.1, 0.15) is 54.2 Å². The molecule has 0 aliphatic rings. The Balaban J connectivity index is 2.15. The van der Waals surface area contributed by atoms with Crippen molar-refractivity contribution >= 4 is 17.3 Å². The van der Waals surface area contributed by atoms with E-state index in [4.69, 9.17) is 5.73 Å². The number of halogens is 1. The first kappa shape index (κ1) is 18.7. The summed E-state index contributed by atoms with van der Waals surface area (Å²) in [5.74, 6) is -1.37. The molecular weight excluding hydrogens is 347 g/mol. The van der Waals surface area contributed by atoms with Gasteiger partial charge in [-0.25, -0.2) is 13.9 Å². The van der Waals surface area contributed by atoms with Crippen LogP contribution in [0.3, 0.4) is 0 Å². The number of carbonyl (C=O) groups is 2. The van der Waals surface area contributed by atoms with Gasteiger partial charge in [0.1, 0.15) is 11.5 Å². The molecule has 0 radical (unpaired) electrons. The molecule has 0 saturated carbocycles. The first-order chi connectivity index (χ1) is 12.6. The molecule has 3 rings (SSSR count). The van der Waals surface area contributed by atoms with Crippen molar-refractivity contribution < 1.29 is 14.0 Å². The fourth-order valence-electron chi connectivity index (χ4n) is 2.80. The zero-order valence-corrected chi connectivity index (χ0v) is 15.7. The molecule has 1 aromatic carbocycles. The van der Waals surface area contributed by atoms with E-state index in [-0.39, 0.29) is 16.9 Å². The number of Topliss-reactive ketones (excluding diaryl/α,β-unsaturated/α-hetero) is 1. The maximum atomic E-state index is 14.4. The molecule has 0 unspecified atom stereocenters. The molecule has 0 aliphatic heterocycles. The molecule has 2 aromatic heterocycles. The fourth-order valence-corrected chi connectivity index (χ4v) is 2.80. The molecule has 0 bridgehead atoms. The van der Waals surface area contributed by atoms with E-state index in [0.717, 1.165) is 11.8 Å². The normalized spacial score (nSPS) is 11.7. The van der Waals surface area contributed by atoms with Gasteiger partial charge in [0.25, 0.3) is 0 Å². The summed E-state index contributed by atoms with van der Waals surface area (Å²) in [6.07, 6.45) is 0.633. The number of primary amides is 1. The van der Waals surface area contributed by atoms with Crippen LogP contribution in [-0.2, 0) is 6.42 Å². The molecule has 0 spiro atoms. The molecule has 7 heteroatoms. The standard InChI is InChI=1S/C20H21FN4O2/c1-5-12-9-16(18(26)20(2,3)4)23-17-10-15(24-25(12)17)13-7-6-11(19(22)27)8-14(13)21/h6-10H,5H2,1-4H3,(H2,22,27). The molecule has 0 aliphatic carbocycles. The molecule has 2 N–H and O–H groups in total. The summed E-state index contributed by atoms with van der Waals surface area (Å²) >= 11 is 0. The monoisotopic (exact) mass is 368 g/mol. The number of aryl methyl sites for hydroxylation is 1. The van der Waals surface area contributed by atoms with Crippen LogP contribution in [0.2, 0.25) is 0 Å². The number of ketones is 1. The van der Waals surface area contributed by atoms with Crippen molar-refractivity contribution in [1.82, 2.24) is 14.6 Å². The highest BCUT2D eigenvalue weighted by Crippen LogP contribution is 2.26. The summed E-state index contributed by atoms with van der Waals surface area (Å²) in [4.78, 5) is 28.2. The van der Waals surface area contributed by atoms with Gasteiger partial charge in [-0.05, 0) is 30.7 Å². The maximum absolute atomic E-state index is 14.4. The molecule has 140 valence electrons. The van der Waals surface area contributed by atoms with Gasteiger partial charge in [-0.2, -0.15) is 5.10 Å². The molecular formula is C20H21FN4O2. The predicted molar refractivity (Wildman–Crippen MR) is 100 cm³/mol. The lowest BCUT2D eigenvalue weighted by atomic mass is 9.88. The number of hydrogen-bond donors (Lipinski definition) is 1. The molecule has 2 heterocycles. The van der Waals surface area contributed by atoms with Crippen LogP contribution < -0.4 is 5.73 Å². The third kappa shape index (κ3) is 3.45. The number of hydrogen-bond acceptors (Lipinski definition) is 4. The molecule has 0 saturated heterocycles. The summed E-state index contributed by atoms with van der Waals surface area (Å²) in [6.45, 7) is 7.46. The van der Waals surface area contributed by atoms with Crippen molar-refractivity contribution in [3.05, 3.63) is 53.1 Å². The SMILES string of the molecule is CCc1cc(C(=O)C(C)(C)C)nc2cc(-c3ccc(C(N)=O)cc3F)nn12. The number of fused-ring (bicyclic) bond motifs is 1. The van der Waals surface area contributed by atoms with Crippen molar-refractivity contribution in [2.75, 3.05) is 0 Å². The van der Waals surface area contributed by atoms with Crippen LogP contribution in [0.5, 0.6) is 0 Å². The zero-order chi connectivity index (χ0) is 19.9. The van der Waals surface area contributed by atoms with Crippen molar-refractivity contribution in [3.8, 4) is 11.3 Å². The molecule has 3 aromatic rings. The van der Waals surface area contributed by atoms with Gasteiger partial charge in [-0.15, -0.1) is 0 Å². The highest BCUT2D eigenvalue weighted by atomic mass is 19.1. The Hall–Kier alpha value is -3.09. The van der Waals surface area contributed by atoms with Gasteiger partial charge >= 0.3 is 0 Å². The molecule has 1 amide bonds. The Kier molecular flexibility index (Phi) is 4.55. The molecule has 0 atom stereocenters. The van der Waals surface area contributed by atoms with Gasteiger partial charge in [0.05, 0.1) is 5.69 Å². The van der Waals surface area contributed by atoms with Gasteiger partial charge in [0, 0.05) is 28.3 Å². The van der Waals surface area contributed by atoms with Gasteiger partial charge in [0.2, 0.25) is 5.91 Å². The third-order valence-electron chi connectivity index (χ3n) is 4.31.